The molecule has 0 unspecified atom stereocenters. The zero-order valence-corrected chi connectivity index (χ0v) is 16.0. The van der Waals surface area contributed by atoms with Gasteiger partial charge in [-0.05, 0) is 29.9 Å². The second-order valence-corrected chi connectivity index (χ2v) is 7.92. The van der Waals surface area contributed by atoms with Gasteiger partial charge >= 0.3 is 0 Å². The zero-order chi connectivity index (χ0) is 18.6. The van der Waals surface area contributed by atoms with Gasteiger partial charge in [0.25, 0.3) is 5.91 Å². The van der Waals surface area contributed by atoms with Crippen LogP contribution in [0.15, 0.2) is 36.7 Å². The Morgan fingerprint density at radius 3 is 2.23 bits per heavy atom. The van der Waals surface area contributed by atoms with Crippen LogP contribution in [0.4, 0.5) is 11.6 Å². The SMILES string of the molecule is CC(C)(C)c1ccccc1Nc1ncc(C(=O)N2CCCCCC2)cn1. The monoisotopic (exact) mass is 352 g/mol. The van der Waals surface area contributed by atoms with Crippen molar-refractivity contribution < 1.29 is 4.79 Å². The summed E-state index contributed by atoms with van der Waals surface area (Å²) >= 11 is 0. The van der Waals surface area contributed by atoms with Gasteiger partial charge in [0.05, 0.1) is 5.56 Å². The molecule has 1 aliphatic rings. The number of likely N-dealkylation sites (tertiary alicyclic amines) is 1. The number of hydrogen-bond donors (Lipinski definition) is 1. The fourth-order valence-corrected chi connectivity index (χ4v) is 3.33. The maximum atomic E-state index is 12.6. The molecule has 0 bridgehead atoms. The van der Waals surface area contributed by atoms with Crippen molar-refractivity contribution in [2.24, 2.45) is 0 Å². The summed E-state index contributed by atoms with van der Waals surface area (Å²) in [7, 11) is 0. The third kappa shape index (κ3) is 4.40. The van der Waals surface area contributed by atoms with Crippen LogP contribution < -0.4 is 5.32 Å². The van der Waals surface area contributed by atoms with Crippen LogP contribution in [0.3, 0.4) is 0 Å². The van der Waals surface area contributed by atoms with Gasteiger partial charge in [0, 0.05) is 31.2 Å². The normalized spacial score (nSPS) is 15.4. The van der Waals surface area contributed by atoms with Crippen molar-refractivity contribution in [1.82, 2.24) is 14.9 Å². The fourth-order valence-electron chi connectivity index (χ4n) is 3.33. The lowest BCUT2D eigenvalue weighted by Gasteiger charge is -2.23. The van der Waals surface area contributed by atoms with Crippen molar-refractivity contribution in [1.29, 1.82) is 0 Å². The highest BCUT2D eigenvalue weighted by molar-refractivity contribution is 5.93. The summed E-state index contributed by atoms with van der Waals surface area (Å²) in [6, 6.07) is 8.17. The zero-order valence-electron chi connectivity index (χ0n) is 16.0. The molecule has 138 valence electrons. The Morgan fingerprint density at radius 2 is 1.62 bits per heavy atom. The van der Waals surface area contributed by atoms with E-state index in [0.717, 1.165) is 31.6 Å². The predicted octanol–water partition coefficient (Wildman–Crippen LogP) is 4.53. The van der Waals surface area contributed by atoms with E-state index >= 15 is 0 Å². The molecule has 0 saturated carbocycles. The lowest BCUT2D eigenvalue weighted by atomic mass is 9.86. The molecule has 1 aromatic heterocycles. The molecule has 5 heteroatoms. The van der Waals surface area contributed by atoms with Crippen molar-refractivity contribution in [2.75, 3.05) is 18.4 Å². The molecule has 0 atom stereocenters. The Morgan fingerprint density at radius 1 is 1.00 bits per heavy atom. The maximum absolute atomic E-state index is 12.6. The second kappa shape index (κ2) is 7.85. The third-order valence-electron chi connectivity index (χ3n) is 4.77. The van der Waals surface area contributed by atoms with E-state index in [1.807, 2.05) is 23.1 Å². The first-order valence-corrected chi connectivity index (χ1v) is 9.43. The molecule has 2 heterocycles. The minimum absolute atomic E-state index is 0.0201. The molecule has 1 saturated heterocycles. The largest absolute Gasteiger partial charge is 0.339 e. The Balaban J connectivity index is 1.73. The molecule has 3 rings (SSSR count). The molecule has 0 spiro atoms. The first-order valence-electron chi connectivity index (χ1n) is 9.43. The predicted molar refractivity (Wildman–Crippen MR) is 105 cm³/mol. The van der Waals surface area contributed by atoms with E-state index in [1.165, 1.54) is 18.4 Å². The van der Waals surface area contributed by atoms with Crippen LogP contribution in [0.25, 0.3) is 0 Å². The number of nitrogens with zero attached hydrogens (tertiary/aromatic N) is 3. The molecule has 1 fully saturated rings. The number of hydrogen-bond acceptors (Lipinski definition) is 4. The van der Waals surface area contributed by atoms with Crippen molar-refractivity contribution in [3.8, 4) is 0 Å². The minimum Gasteiger partial charge on any atom is -0.339 e. The minimum atomic E-state index is 0.0201. The van der Waals surface area contributed by atoms with E-state index in [9.17, 15) is 4.79 Å². The molecular formula is C21H28N4O. The van der Waals surface area contributed by atoms with Gasteiger partial charge in [0.15, 0.2) is 0 Å². The number of carbonyl (C=O) groups is 1. The highest BCUT2D eigenvalue weighted by Crippen LogP contribution is 2.30. The number of rotatable bonds is 3. The van der Waals surface area contributed by atoms with Crippen molar-refractivity contribution in [2.45, 2.75) is 51.9 Å². The van der Waals surface area contributed by atoms with Crippen molar-refractivity contribution >= 4 is 17.5 Å². The summed E-state index contributed by atoms with van der Waals surface area (Å²) in [6.07, 6.45) is 7.82. The van der Waals surface area contributed by atoms with E-state index in [1.54, 1.807) is 12.4 Å². The summed E-state index contributed by atoms with van der Waals surface area (Å²) in [6.45, 7) is 8.20. The Labute approximate surface area is 155 Å². The molecular weight excluding hydrogens is 324 g/mol. The summed E-state index contributed by atoms with van der Waals surface area (Å²) in [4.78, 5) is 23.3. The summed E-state index contributed by atoms with van der Waals surface area (Å²) in [5, 5.41) is 3.29. The van der Waals surface area contributed by atoms with E-state index in [-0.39, 0.29) is 11.3 Å². The molecule has 1 aliphatic heterocycles. The number of nitrogens with one attached hydrogen (secondary N) is 1. The second-order valence-electron chi connectivity index (χ2n) is 7.92. The maximum Gasteiger partial charge on any atom is 0.256 e. The van der Waals surface area contributed by atoms with Gasteiger partial charge in [-0.2, -0.15) is 0 Å². The molecule has 26 heavy (non-hydrogen) atoms. The first kappa shape index (κ1) is 18.4. The number of anilines is 2. The Bertz CT molecular complexity index is 741. The van der Waals surface area contributed by atoms with Crippen LogP contribution in [0.1, 0.15) is 62.4 Å². The van der Waals surface area contributed by atoms with Gasteiger partial charge in [0.1, 0.15) is 0 Å². The van der Waals surface area contributed by atoms with Crippen LogP contribution >= 0.6 is 0 Å². The lowest BCUT2D eigenvalue weighted by molar-refractivity contribution is 0.0761. The molecule has 1 amide bonds. The summed E-state index contributed by atoms with van der Waals surface area (Å²) in [5.74, 6) is 0.544. The topological polar surface area (TPSA) is 58.1 Å². The summed E-state index contributed by atoms with van der Waals surface area (Å²) < 4.78 is 0. The molecule has 1 N–H and O–H groups in total. The van der Waals surface area contributed by atoms with E-state index < -0.39 is 0 Å². The summed E-state index contributed by atoms with van der Waals surface area (Å²) in [5.41, 5.74) is 2.77. The molecule has 1 aromatic carbocycles. The van der Waals surface area contributed by atoms with Crippen LogP contribution in [-0.4, -0.2) is 33.9 Å². The number of benzene rings is 1. The average Bonchev–Trinajstić information content (AvgIpc) is 2.91. The Kier molecular flexibility index (Phi) is 5.55. The number of aromatic nitrogens is 2. The number of para-hydroxylation sites is 1. The molecule has 2 aromatic rings. The van der Waals surface area contributed by atoms with Crippen LogP contribution in [0, 0.1) is 0 Å². The number of amides is 1. The van der Waals surface area contributed by atoms with Gasteiger partial charge in [-0.15, -0.1) is 0 Å². The third-order valence-corrected chi connectivity index (χ3v) is 4.77. The quantitative estimate of drug-likeness (QED) is 0.881. The average molecular weight is 352 g/mol. The van der Waals surface area contributed by atoms with Crippen LogP contribution in [0.5, 0.6) is 0 Å². The van der Waals surface area contributed by atoms with Crippen LogP contribution in [0.2, 0.25) is 0 Å². The van der Waals surface area contributed by atoms with Gasteiger partial charge < -0.3 is 10.2 Å². The van der Waals surface area contributed by atoms with Crippen molar-refractivity contribution in [3.63, 3.8) is 0 Å². The van der Waals surface area contributed by atoms with Gasteiger partial charge in [0.2, 0.25) is 5.95 Å². The van der Waals surface area contributed by atoms with Gasteiger partial charge in [-0.1, -0.05) is 51.8 Å². The highest BCUT2D eigenvalue weighted by atomic mass is 16.2. The van der Waals surface area contributed by atoms with E-state index in [2.05, 4.69) is 42.1 Å². The van der Waals surface area contributed by atoms with E-state index in [0.29, 0.717) is 11.5 Å². The van der Waals surface area contributed by atoms with Gasteiger partial charge in [-0.25, -0.2) is 9.97 Å². The van der Waals surface area contributed by atoms with Crippen molar-refractivity contribution in [3.05, 3.63) is 47.8 Å². The molecule has 0 aliphatic carbocycles. The smallest absolute Gasteiger partial charge is 0.256 e. The lowest BCUT2D eigenvalue weighted by Crippen LogP contribution is -2.32. The molecule has 0 radical (unpaired) electrons. The Hall–Kier alpha value is -2.43. The first-order chi connectivity index (χ1) is 12.4. The van der Waals surface area contributed by atoms with Crippen LogP contribution in [-0.2, 0) is 5.41 Å². The molecule has 5 nitrogen and oxygen atoms in total. The highest BCUT2D eigenvalue weighted by Gasteiger charge is 2.19. The number of carbonyl (C=O) groups excluding carboxylic acids is 1. The van der Waals surface area contributed by atoms with Gasteiger partial charge in [-0.3, -0.25) is 4.79 Å². The fraction of sp³-hybridized carbons (Fsp3) is 0.476. The van der Waals surface area contributed by atoms with E-state index in [4.69, 9.17) is 0 Å². The standard InChI is InChI=1S/C21H28N4O/c1-21(2,3)17-10-6-7-11-18(17)24-20-22-14-16(15-23-20)19(26)25-12-8-4-5-9-13-25/h6-7,10-11,14-15H,4-5,8-9,12-13H2,1-3H3,(H,22,23,24).